The van der Waals surface area contributed by atoms with Gasteiger partial charge >= 0.3 is 0 Å². The highest BCUT2D eigenvalue weighted by molar-refractivity contribution is 6.14. The van der Waals surface area contributed by atoms with Crippen LogP contribution in [0.4, 0.5) is 17.1 Å². The van der Waals surface area contributed by atoms with Gasteiger partial charge in [0.25, 0.3) is 0 Å². The van der Waals surface area contributed by atoms with Gasteiger partial charge in [-0.05, 0) is 117 Å². The Morgan fingerprint density at radius 2 is 0.869 bits per heavy atom. The van der Waals surface area contributed by atoms with E-state index in [2.05, 4.69) is 228 Å². The van der Waals surface area contributed by atoms with Gasteiger partial charge in [0.1, 0.15) is 11.2 Å². The summed E-state index contributed by atoms with van der Waals surface area (Å²) in [6, 6.07) is 83.0. The second kappa shape index (κ2) is 14.3. The van der Waals surface area contributed by atoms with E-state index < -0.39 is 0 Å². The van der Waals surface area contributed by atoms with Crippen LogP contribution in [0.5, 0.6) is 0 Å². The zero-order chi connectivity index (χ0) is 40.3. The molecule has 12 rings (SSSR count). The first-order valence-electron chi connectivity index (χ1n) is 20.8. The normalized spacial score (nSPS) is 11.6. The van der Waals surface area contributed by atoms with E-state index >= 15 is 0 Å². The first-order valence-corrected chi connectivity index (χ1v) is 20.8. The highest BCUT2D eigenvalue weighted by Crippen LogP contribution is 2.42. The third-order valence-electron chi connectivity index (χ3n) is 12.2. The number of nitrogens with zero attached hydrogens (tertiary/aromatic N) is 2. The van der Waals surface area contributed by atoms with Crippen LogP contribution in [0.15, 0.2) is 235 Å². The monoisotopic (exact) mass is 778 g/mol. The molecule has 0 saturated carbocycles. The van der Waals surface area contributed by atoms with Crippen molar-refractivity contribution in [2.45, 2.75) is 0 Å². The summed E-state index contributed by atoms with van der Waals surface area (Å²) >= 11 is 0. The van der Waals surface area contributed by atoms with Gasteiger partial charge in [0.05, 0.1) is 11.0 Å². The average Bonchev–Trinajstić information content (AvgIpc) is 3.86. The summed E-state index contributed by atoms with van der Waals surface area (Å²) in [5.41, 5.74) is 15.5. The van der Waals surface area contributed by atoms with Gasteiger partial charge in [-0.1, -0.05) is 152 Å². The lowest BCUT2D eigenvalue weighted by molar-refractivity contribution is 0.669. The first kappa shape index (κ1) is 34.9. The Balaban J connectivity index is 1.01. The van der Waals surface area contributed by atoms with Crippen LogP contribution in [-0.4, -0.2) is 4.57 Å². The molecule has 2 heterocycles. The molecule has 0 saturated heterocycles. The quantitative estimate of drug-likeness (QED) is 0.161. The van der Waals surface area contributed by atoms with Crippen LogP contribution in [0.3, 0.4) is 0 Å². The molecule has 0 atom stereocenters. The number of benzene rings is 10. The molecular weight excluding hydrogens is 741 g/mol. The highest BCUT2D eigenvalue weighted by atomic mass is 16.3. The van der Waals surface area contributed by atoms with Crippen LogP contribution >= 0.6 is 0 Å². The van der Waals surface area contributed by atoms with Crippen LogP contribution in [0.25, 0.3) is 93.6 Å². The van der Waals surface area contributed by atoms with E-state index in [0.717, 1.165) is 50.3 Å². The standard InChI is InChI=1S/C58H38N2O/c1-3-13-39(14-4-1)40-23-27-45(28-24-40)59(48-32-34-52-51-20-10-12-22-57(51)61-58(52)38-48)46-29-25-42(26-30-46)53-37-47(31-33-49(53)41-15-5-2-6-16-41)60-55-21-11-9-19-50(55)54-35-43-17-7-8-18-44(43)36-56(54)60/h1-38H. The maximum Gasteiger partial charge on any atom is 0.137 e. The van der Waals surface area contributed by atoms with E-state index in [1.54, 1.807) is 0 Å². The van der Waals surface area contributed by atoms with Crippen molar-refractivity contribution in [2.75, 3.05) is 4.90 Å². The number of furan rings is 1. The molecule has 286 valence electrons. The molecule has 0 aliphatic carbocycles. The molecule has 12 aromatic rings. The number of fused-ring (bicyclic) bond motifs is 7. The van der Waals surface area contributed by atoms with E-state index in [-0.39, 0.29) is 0 Å². The molecule has 61 heavy (non-hydrogen) atoms. The van der Waals surface area contributed by atoms with Gasteiger partial charge in [0, 0.05) is 50.4 Å². The number of hydrogen-bond donors (Lipinski definition) is 0. The van der Waals surface area contributed by atoms with Crippen LogP contribution in [0.2, 0.25) is 0 Å². The van der Waals surface area contributed by atoms with Crippen molar-refractivity contribution >= 4 is 71.6 Å². The van der Waals surface area contributed by atoms with Gasteiger partial charge in [-0.25, -0.2) is 0 Å². The van der Waals surface area contributed by atoms with Crippen molar-refractivity contribution in [3.05, 3.63) is 231 Å². The van der Waals surface area contributed by atoms with Crippen molar-refractivity contribution in [1.29, 1.82) is 0 Å². The third kappa shape index (κ3) is 5.98. The topological polar surface area (TPSA) is 21.3 Å². The predicted molar refractivity (Wildman–Crippen MR) is 257 cm³/mol. The minimum absolute atomic E-state index is 0.864. The second-order valence-corrected chi connectivity index (χ2v) is 15.7. The summed E-state index contributed by atoms with van der Waals surface area (Å²) in [4.78, 5) is 2.32. The van der Waals surface area contributed by atoms with E-state index in [9.17, 15) is 0 Å². The number of hydrogen-bond acceptors (Lipinski definition) is 2. The molecule has 10 aromatic carbocycles. The summed E-state index contributed by atoms with van der Waals surface area (Å²) in [6.07, 6.45) is 0. The van der Waals surface area contributed by atoms with Crippen molar-refractivity contribution in [2.24, 2.45) is 0 Å². The van der Waals surface area contributed by atoms with Crippen LogP contribution in [0, 0.1) is 0 Å². The van der Waals surface area contributed by atoms with Crippen LogP contribution < -0.4 is 4.90 Å². The summed E-state index contributed by atoms with van der Waals surface area (Å²) in [7, 11) is 0. The summed E-state index contributed by atoms with van der Waals surface area (Å²) < 4.78 is 8.84. The zero-order valence-corrected chi connectivity index (χ0v) is 33.2. The molecular formula is C58H38N2O. The largest absolute Gasteiger partial charge is 0.456 e. The first-order chi connectivity index (χ1) is 30.2. The molecule has 0 amide bonds. The van der Waals surface area contributed by atoms with E-state index in [1.165, 1.54) is 60.4 Å². The molecule has 3 heteroatoms. The molecule has 3 nitrogen and oxygen atoms in total. The second-order valence-electron chi connectivity index (χ2n) is 15.7. The van der Waals surface area contributed by atoms with Gasteiger partial charge in [-0.2, -0.15) is 0 Å². The summed E-state index contributed by atoms with van der Waals surface area (Å²) in [5.74, 6) is 0. The minimum Gasteiger partial charge on any atom is -0.456 e. The van der Waals surface area contributed by atoms with Crippen molar-refractivity contribution in [3.8, 4) is 39.1 Å². The lowest BCUT2D eigenvalue weighted by Crippen LogP contribution is -2.09. The van der Waals surface area contributed by atoms with Gasteiger partial charge in [-0.3, -0.25) is 0 Å². The number of aromatic nitrogens is 1. The Kier molecular flexibility index (Phi) is 8.17. The third-order valence-corrected chi connectivity index (χ3v) is 12.2. The molecule has 0 N–H and O–H groups in total. The van der Waals surface area contributed by atoms with Crippen molar-refractivity contribution in [1.82, 2.24) is 4.57 Å². The molecule has 0 unspecified atom stereocenters. The zero-order valence-electron chi connectivity index (χ0n) is 33.2. The molecule has 0 aliphatic rings. The fourth-order valence-electron chi connectivity index (χ4n) is 9.24. The minimum atomic E-state index is 0.864. The van der Waals surface area contributed by atoms with E-state index in [4.69, 9.17) is 4.42 Å². The van der Waals surface area contributed by atoms with Crippen LogP contribution in [0.1, 0.15) is 0 Å². The highest BCUT2D eigenvalue weighted by Gasteiger charge is 2.19. The lowest BCUT2D eigenvalue weighted by Gasteiger charge is -2.26. The Bertz CT molecular complexity index is 3560. The maximum absolute atomic E-state index is 6.41. The Hall–Kier alpha value is -8.14. The molecule has 0 aliphatic heterocycles. The lowest BCUT2D eigenvalue weighted by atomic mass is 9.93. The average molecular weight is 779 g/mol. The van der Waals surface area contributed by atoms with Crippen molar-refractivity contribution < 1.29 is 4.42 Å². The van der Waals surface area contributed by atoms with Crippen LogP contribution in [-0.2, 0) is 0 Å². The molecule has 2 aromatic heterocycles. The summed E-state index contributed by atoms with van der Waals surface area (Å²) in [6.45, 7) is 0. The Morgan fingerprint density at radius 1 is 0.311 bits per heavy atom. The van der Waals surface area contributed by atoms with Crippen molar-refractivity contribution in [3.63, 3.8) is 0 Å². The number of rotatable bonds is 7. The Labute approximate surface area is 353 Å². The summed E-state index contributed by atoms with van der Waals surface area (Å²) in [5, 5.41) is 7.21. The number of anilines is 3. The van der Waals surface area contributed by atoms with E-state index in [0.29, 0.717) is 0 Å². The maximum atomic E-state index is 6.41. The van der Waals surface area contributed by atoms with E-state index in [1.807, 2.05) is 12.1 Å². The molecule has 0 spiro atoms. The van der Waals surface area contributed by atoms with Gasteiger partial charge in [0.15, 0.2) is 0 Å². The molecule has 0 radical (unpaired) electrons. The molecule has 0 bridgehead atoms. The van der Waals surface area contributed by atoms with Gasteiger partial charge < -0.3 is 13.9 Å². The smallest absolute Gasteiger partial charge is 0.137 e. The predicted octanol–water partition coefficient (Wildman–Crippen LogP) is 16.3. The Morgan fingerprint density at radius 3 is 1.62 bits per heavy atom. The van der Waals surface area contributed by atoms with Gasteiger partial charge in [-0.15, -0.1) is 0 Å². The fourth-order valence-corrected chi connectivity index (χ4v) is 9.24. The SMILES string of the molecule is c1ccc(-c2ccc(N(c3ccc(-c4cc(-n5c6ccccc6c6cc7ccccc7cc65)ccc4-c4ccccc4)cc3)c3ccc4c(c3)oc3ccccc34)cc2)cc1. The fraction of sp³-hybridized carbons (Fsp3) is 0. The molecule has 0 fully saturated rings. The van der Waals surface area contributed by atoms with Gasteiger partial charge in [0.2, 0.25) is 0 Å². The number of para-hydroxylation sites is 2.